The van der Waals surface area contributed by atoms with Gasteiger partial charge < -0.3 is 14.4 Å². The van der Waals surface area contributed by atoms with Crippen molar-refractivity contribution in [3.63, 3.8) is 0 Å². The van der Waals surface area contributed by atoms with Crippen LogP contribution in [0.3, 0.4) is 0 Å². The molecule has 0 aliphatic carbocycles. The molecule has 2 aliphatic heterocycles. The minimum atomic E-state index is -4.71. The Kier molecular flexibility index (Phi) is 6.65. The first kappa shape index (κ1) is 24.5. The fraction of sp³-hybridized carbons (Fsp3) is 0.458. The average Bonchev–Trinajstić information content (AvgIpc) is 2.79. The Hall–Kier alpha value is -2.59. The molecule has 2 aromatic carbocycles. The molecule has 4 rings (SSSR count). The first-order chi connectivity index (χ1) is 16.0. The lowest BCUT2D eigenvalue weighted by Crippen LogP contribution is -2.52. The normalized spacial score (nSPS) is 19.9. The van der Waals surface area contributed by atoms with E-state index in [9.17, 15) is 26.4 Å². The molecule has 0 aromatic heterocycles. The number of halogens is 3. The number of ether oxygens (including phenoxy) is 2. The number of carbonyl (C=O) groups is 1. The lowest BCUT2D eigenvalue weighted by Gasteiger charge is -2.47. The summed E-state index contributed by atoms with van der Waals surface area (Å²) in [7, 11) is -4.71. The molecular formula is C24H26F3NO5S. The molecule has 0 radical (unpaired) electrons. The van der Waals surface area contributed by atoms with Crippen LogP contribution in [0, 0.1) is 5.82 Å². The number of amides is 1. The van der Waals surface area contributed by atoms with E-state index >= 15 is 0 Å². The number of alkyl halides is 2. The molecule has 10 heteroatoms. The van der Waals surface area contributed by atoms with E-state index in [2.05, 4.69) is 0 Å². The highest BCUT2D eigenvalue weighted by atomic mass is 32.2. The van der Waals surface area contributed by atoms with Crippen molar-refractivity contribution in [1.82, 2.24) is 4.90 Å². The molecular weight excluding hydrogens is 471 g/mol. The number of likely N-dealkylation sites (tertiary alicyclic amines) is 1. The molecule has 1 amide bonds. The number of nitrogens with zero attached hydrogens (tertiary/aromatic N) is 1. The third-order valence-corrected chi connectivity index (χ3v) is 7.66. The highest BCUT2D eigenvalue weighted by Crippen LogP contribution is 2.46. The Bertz CT molecular complexity index is 1160. The average molecular weight is 498 g/mol. The topological polar surface area (TPSA) is 72.9 Å². The van der Waals surface area contributed by atoms with Crippen molar-refractivity contribution in [2.24, 2.45) is 0 Å². The van der Waals surface area contributed by atoms with Crippen LogP contribution in [0.25, 0.3) is 0 Å². The third-order valence-electron chi connectivity index (χ3n) is 6.27. The van der Waals surface area contributed by atoms with E-state index in [4.69, 9.17) is 9.47 Å². The van der Waals surface area contributed by atoms with E-state index in [1.807, 2.05) is 13.8 Å². The SMILES string of the molecule is CC(C)O[C@@H]1CC2(CCN(C(=O)c3ccc(S(=O)(=O)C(F)F)cc3)CC2)Oc2ccc(F)cc21. The van der Waals surface area contributed by atoms with Crippen LogP contribution < -0.4 is 4.74 Å². The van der Waals surface area contributed by atoms with Crippen LogP contribution in [-0.2, 0) is 14.6 Å². The Balaban J connectivity index is 1.47. The van der Waals surface area contributed by atoms with Gasteiger partial charge in [0.2, 0.25) is 9.84 Å². The van der Waals surface area contributed by atoms with Gasteiger partial charge in [-0.1, -0.05) is 0 Å². The summed E-state index contributed by atoms with van der Waals surface area (Å²) in [6.07, 6.45) is 1.21. The van der Waals surface area contributed by atoms with Gasteiger partial charge in [0.15, 0.2) is 0 Å². The molecule has 1 fully saturated rings. The maximum absolute atomic E-state index is 13.8. The summed E-state index contributed by atoms with van der Waals surface area (Å²) < 4.78 is 74.9. The van der Waals surface area contributed by atoms with E-state index in [0.29, 0.717) is 43.7 Å². The Labute approximate surface area is 196 Å². The largest absolute Gasteiger partial charge is 0.487 e. The fourth-order valence-corrected chi connectivity index (χ4v) is 5.25. The standard InChI is InChI=1S/C24H26F3NO5S/c1-15(2)32-21-14-24(33-20-8-5-17(25)13-19(20)21)9-11-28(12-10-24)22(29)16-3-6-18(7-4-16)34(30,31)23(26)27/h3-8,13,15,21,23H,9-12,14H2,1-2H3/t21-/m1/s1. The summed E-state index contributed by atoms with van der Waals surface area (Å²) in [6.45, 7) is 4.61. The molecule has 0 bridgehead atoms. The number of piperidine rings is 1. The van der Waals surface area contributed by atoms with Crippen molar-refractivity contribution in [3.05, 3.63) is 59.4 Å². The third kappa shape index (κ3) is 4.79. The number of rotatable bonds is 5. The number of fused-ring (bicyclic) bond motifs is 1. The summed E-state index contributed by atoms with van der Waals surface area (Å²) in [4.78, 5) is 14.0. The van der Waals surface area contributed by atoms with Crippen molar-refractivity contribution in [2.45, 2.75) is 61.6 Å². The Morgan fingerprint density at radius 3 is 2.35 bits per heavy atom. The smallest absolute Gasteiger partial charge is 0.341 e. The van der Waals surface area contributed by atoms with Gasteiger partial charge in [0.05, 0.1) is 17.1 Å². The Morgan fingerprint density at radius 2 is 1.76 bits per heavy atom. The van der Waals surface area contributed by atoms with E-state index in [1.165, 1.54) is 24.3 Å². The number of hydrogen-bond acceptors (Lipinski definition) is 5. The van der Waals surface area contributed by atoms with Gasteiger partial charge in [0, 0.05) is 43.5 Å². The van der Waals surface area contributed by atoms with Crippen molar-refractivity contribution in [1.29, 1.82) is 0 Å². The molecule has 6 nitrogen and oxygen atoms in total. The molecule has 0 saturated carbocycles. The second-order valence-electron chi connectivity index (χ2n) is 8.97. The van der Waals surface area contributed by atoms with Crippen LogP contribution in [-0.4, -0.2) is 49.8 Å². The van der Waals surface area contributed by atoms with Crippen molar-refractivity contribution in [2.75, 3.05) is 13.1 Å². The number of sulfone groups is 1. The first-order valence-corrected chi connectivity index (χ1v) is 12.6. The number of benzene rings is 2. The number of carbonyl (C=O) groups excluding carboxylic acids is 1. The predicted molar refractivity (Wildman–Crippen MR) is 118 cm³/mol. The molecule has 2 heterocycles. The van der Waals surface area contributed by atoms with Gasteiger partial charge >= 0.3 is 5.76 Å². The van der Waals surface area contributed by atoms with Gasteiger partial charge in [0.25, 0.3) is 5.91 Å². The molecule has 2 aliphatic rings. The summed E-state index contributed by atoms with van der Waals surface area (Å²) in [5.41, 5.74) is 0.336. The van der Waals surface area contributed by atoms with Crippen molar-refractivity contribution < 1.29 is 35.9 Å². The Morgan fingerprint density at radius 1 is 1.12 bits per heavy atom. The second-order valence-corrected chi connectivity index (χ2v) is 10.9. The van der Waals surface area contributed by atoms with Gasteiger partial charge in [0.1, 0.15) is 17.2 Å². The van der Waals surface area contributed by atoms with Gasteiger partial charge in [-0.15, -0.1) is 0 Å². The van der Waals surface area contributed by atoms with Crippen LogP contribution in [0.4, 0.5) is 13.2 Å². The zero-order valence-corrected chi connectivity index (χ0v) is 19.7. The number of hydrogen-bond donors (Lipinski definition) is 0. The minimum Gasteiger partial charge on any atom is -0.487 e. The molecule has 1 spiro atoms. The van der Waals surface area contributed by atoms with Gasteiger partial charge in [-0.25, -0.2) is 12.8 Å². The van der Waals surface area contributed by atoms with E-state index in [-0.39, 0.29) is 29.5 Å². The second kappa shape index (κ2) is 9.22. The zero-order valence-electron chi connectivity index (χ0n) is 18.8. The van der Waals surface area contributed by atoms with Crippen molar-refractivity contribution in [3.8, 4) is 5.75 Å². The zero-order chi connectivity index (χ0) is 24.7. The van der Waals surface area contributed by atoms with Crippen molar-refractivity contribution >= 4 is 15.7 Å². The summed E-state index contributed by atoms with van der Waals surface area (Å²) in [5, 5.41) is 0. The van der Waals surface area contributed by atoms with Gasteiger partial charge in [-0.05, 0) is 56.3 Å². The molecule has 2 aromatic rings. The molecule has 0 N–H and O–H groups in total. The van der Waals surface area contributed by atoms with Crippen LogP contribution in [0.15, 0.2) is 47.4 Å². The predicted octanol–water partition coefficient (Wildman–Crippen LogP) is 4.75. The quantitative estimate of drug-likeness (QED) is 0.597. The molecule has 34 heavy (non-hydrogen) atoms. The maximum atomic E-state index is 13.8. The molecule has 0 unspecified atom stereocenters. The maximum Gasteiger partial charge on any atom is 0.341 e. The highest BCUT2D eigenvalue weighted by Gasteiger charge is 2.45. The lowest BCUT2D eigenvalue weighted by atomic mass is 9.81. The van der Waals surface area contributed by atoms with E-state index in [1.54, 1.807) is 11.0 Å². The fourth-order valence-electron chi connectivity index (χ4n) is 4.53. The first-order valence-electron chi connectivity index (χ1n) is 11.1. The van der Waals surface area contributed by atoms with Crippen LogP contribution in [0.5, 0.6) is 5.75 Å². The van der Waals surface area contributed by atoms with Crippen LogP contribution in [0.1, 0.15) is 55.1 Å². The van der Waals surface area contributed by atoms with Crippen LogP contribution in [0.2, 0.25) is 0 Å². The van der Waals surface area contributed by atoms with E-state index in [0.717, 1.165) is 12.1 Å². The molecule has 1 atom stereocenters. The van der Waals surface area contributed by atoms with Gasteiger partial charge in [-0.2, -0.15) is 8.78 Å². The summed E-state index contributed by atoms with van der Waals surface area (Å²) in [6, 6.07) is 8.93. The summed E-state index contributed by atoms with van der Waals surface area (Å²) >= 11 is 0. The van der Waals surface area contributed by atoms with Gasteiger partial charge in [-0.3, -0.25) is 4.79 Å². The summed E-state index contributed by atoms with van der Waals surface area (Å²) in [5.74, 6) is -3.62. The van der Waals surface area contributed by atoms with Crippen LogP contribution >= 0.6 is 0 Å². The van der Waals surface area contributed by atoms with E-state index < -0.39 is 26.1 Å². The lowest BCUT2D eigenvalue weighted by molar-refractivity contribution is -0.0873. The molecule has 184 valence electrons. The monoisotopic (exact) mass is 497 g/mol. The minimum absolute atomic E-state index is 0.0604. The highest BCUT2D eigenvalue weighted by molar-refractivity contribution is 7.91. The molecule has 1 saturated heterocycles.